The smallest absolute Gasteiger partial charge is 0.239 e. The second kappa shape index (κ2) is 8.04. The molecular weight excluding hydrogens is 278 g/mol. The van der Waals surface area contributed by atoms with E-state index >= 15 is 0 Å². The first-order chi connectivity index (χ1) is 9.19. The SMILES string of the molecule is CNCC(=O)Nc1ccc(N2CCN(C)CC2)cn1.Cl. The standard InChI is InChI=1S/C13H21N5O.ClH/c1-14-10-13(19)16-12-4-3-11(9-15-12)18-7-5-17(2)6-8-18;/h3-4,9,14H,5-8,10H2,1-2H3,(H,15,16,19);1H. The monoisotopic (exact) mass is 299 g/mol. The first kappa shape index (κ1) is 16.7. The maximum absolute atomic E-state index is 11.4. The van der Waals surface area contributed by atoms with Crippen LogP contribution in [0.2, 0.25) is 0 Å². The summed E-state index contributed by atoms with van der Waals surface area (Å²) >= 11 is 0. The minimum atomic E-state index is -0.0812. The lowest BCUT2D eigenvalue weighted by molar-refractivity contribution is -0.115. The summed E-state index contributed by atoms with van der Waals surface area (Å²) < 4.78 is 0. The quantitative estimate of drug-likeness (QED) is 0.843. The van der Waals surface area contributed by atoms with Gasteiger partial charge in [-0.25, -0.2) is 4.98 Å². The number of carbonyl (C=O) groups is 1. The molecule has 0 saturated carbocycles. The number of likely N-dealkylation sites (N-methyl/N-ethyl adjacent to an activating group) is 2. The minimum Gasteiger partial charge on any atom is -0.368 e. The van der Waals surface area contributed by atoms with Crippen molar-refractivity contribution in [2.75, 3.05) is 57.0 Å². The van der Waals surface area contributed by atoms with E-state index in [0.29, 0.717) is 12.4 Å². The number of hydrogen-bond donors (Lipinski definition) is 2. The van der Waals surface area contributed by atoms with Crippen molar-refractivity contribution in [2.45, 2.75) is 0 Å². The molecule has 7 heteroatoms. The van der Waals surface area contributed by atoms with Crippen LogP contribution < -0.4 is 15.5 Å². The summed E-state index contributed by atoms with van der Waals surface area (Å²) in [5, 5.41) is 5.54. The molecule has 2 rings (SSSR count). The van der Waals surface area contributed by atoms with Crippen LogP contribution in [-0.4, -0.2) is 62.6 Å². The van der Waals surface area contributed by atoms with Crippen molar-refractivity contribution in [3.05, 3.63) is 18.3 Å². The van der Waals surface area contributed by atoms with Gasteiger partial charge in [-0.3, -0.25) is 4.79 Å². The van der Waals surface area contributed by atoms with Gasteiger partial charge in [0.2, 0.25) is 5.91 Å². The Bertz CT molecular complexity index is 417. The van der Waals surface area contributed by atoms with E-state index in [1.807, 2.05) is 18.3 Å². The molecule has 1 aliphatic rings. The molecule has 1 saturated heterocycles. The van der Waals surface area contributed by atoms with Crippen molar-refractivity contribution >= 4 is 29.8 Å². The summed E-state index contributed by atoms with van der Waals surface area (Å²) in [6.45, 7) is 4.47. The Morgan fingerprint density at radius 3 is 2.55 bits per heavy atom. The predicted octanol–water partition coefficient (Wildman–Crippen LogP) is 0.413. The average molecular weight is 300 g/mol. The molecule has 1 aliphatic heterocycles. The molecular formula is C13H22ClN5O. The van der Waals surface area contributed by atoms with E-state index in [-0.39, 0.29) is 18.3 Å². The number of hydrogen-bond acceptors (Lipinski definition) is 5. The van der Waals surface area contributed by atoms with Crippen LogP contribution in [0.4, 0.5) is 11.5 Å². The van der Waals surface area contributed by atoms with Gasteiger partial charge in [0, 0.05) is 26.2 Å². The van der Waals surface area contributed by atoms with Crippen molar-refractivity contribution in [3.63, 3.8) is 0 Å². The molecule has 2 N–H and O–H groups in total. The maximum Gasteiger partial charge on any atom is 0.239 e. The summed E-state index contributed by atoms with van der Waals surface area (Å²) in [5.41, 5.74) is 1.11. The van der Waals surface area contributed by atoms with Gasteiger partial charge < -0.3 is 20.4 Å². The molecule has 0 aromatic carbocycles. The van der Waals surface area contributed by atoms with E-state index in [2.05, 4.69) is 32.5 Å². The molecule has 6 nitrogen and oxygen atoms in total. The largest absolute Gasteiger partial charge is 0.368 e. The van der Waals surface area contributed by atoms with Gasteiger partial charge in [0.1, 0.15) is 5.82 Å². The normalized spacial score (nSPS) is 15.6. The lowest BCUT2D eigenvalue weighted by Gasteiger charge is -2.33. The third kappa shape index (κ3) is 4.63. The van der Waals surface area contributed by atoms with Crippen LogP contribution in [-0.2, 0) is 4.79 Å². The molecule has 112 valence electrons. The first-order valence-electron chi connectivity index (χ1n) is 6.53. The lowest BCUT2D eigenvalue weighted by Crippen LogP contribution is -2.44. The van der Waals surface area contributed by atoms with Gasteiger partial charge in [0.05, 0.1) is 18.4 Å². The Kier molecular flexibility index (Phi) is 6.70. The van der Waals surface area contributed by atoms with Gasteiger partial charge in [-0.05, 0) is 26.2 Å². The van der Waals surface area contributed by atoms with Gasteiger partial charge in [0.15, 0.2) is 0 Å². The average Bonchev–Trinajstić information content (AvgIpc) is 2.41. The number of piperazine rings is 1. The molecule has 1 aromatic rings. The highest BCUT2D eigenvalue weighted by molar-refractivity contribution is 5.91. The molecule has 1 aromatic heterocycles. The Morgan fingerprint density at radius 1 is 1.30 bits per heavy atom. The molecule has 0 radical (unpaired) electrons. The Morgan fingerprint density at radius 2 is 2.00 bits per heavy atom. The zero-order valence-corrected chi connectivity index (χ0v) is 12.7. The summed E-state index contributed by atoms with van der Waals surface area (Å²) in [4.78, 5) is 20.3. The number of halogens is 1. The summed E-state index contributed by atoms with van der Waals surface area (Å²) in [5.74, 6) is 0.514. The predicted molar refractivity (Wildman–Crippen MR) is 83.8 cm³/mol. The highest BCUT2D eigenvalue weighted by Gasteiger charge is 2.14. The lowest BCUT2D eigenvalue weighted by atomic mass is 10.3. The number of pyridine rings is 1. The number of anilines is 2. The number of nitrogens with zero attached hydrogens (tertiary/aromatic N) is 3. The van der Waals surface area contributed by atoms with Crippen LogP contribution in [0.1, 0.15) is 0 Å². The number of amides is 1. The van der Waals surface area contributed by atoms with Crippen molar-refractivity contribution < 1.29 is 4.79 Å². The van der Waals surface area contributed by atoms with Gasteiger partial charge in [0.25, 0.3) is 0 Å². The third-order valence-electron chi connectivity index (χ3n) is 3.22. The number of carbonyl (C=O) groups excluding carboxylic acids is 1. The summed E-state index contributed by atoms with van der Waals surface area (Å²) in [6.07, 6.45) is 1.82. The molecule has 2 heterocycles. The highest BCUT2D eigenvalue weighted by Crippen LogP contribution is 2.16. The van der Waals surface area contributed by atoms with Crippen molar-refractivity contribution in [1.82, 2.24) is 15.2 Å². The van der Waals surface area contributed by atoms with Crippen LogP contribution >= 0.6 is 12.4 Å². The van der Waals surface area contributed by atoms with Crippen LogP contribution in [0.25, 0.3) is 0 Å². The van der Waals surface area contributed by atoms with Crippen molar-refractivity contribution in [1.29, 1.82) is 0 Å². The van der Waals surface area contributed by atoms with Crippen LogP contribution in [0.15, 0.2) is 18.3 Å². The van der Waals surface area contributed by atoms with Gasteiger partial charge >= 0.3 is 0 Å². The summed E-state index contributed by atoms with van der Waals surface area (Å²) in [6, 6.07) is 3.86. The van der Waals surface area contributed by atoms with Crippen LogP contribution in [0, 0.1) is 0 Å². The topological polar surface area (TPSA) is 60.5 Å². The van der Waals surface area contributed by atoms with E-state index < -0.39 is 0 Å². The molecule has 1 amide bonds. The third-order valence-corrected chi connectivity index (χ3v) is 3.22. The zero-order valence-electron chi connectivity index (χ0n) is 11.9. The molecule has 1 fully saturated rings. The Balaban J connectivity index is 0.00000200. The molecule has 0 spiro atoms. The van der Waals surface area contributed by atoms with Crippen LogP contribution in [0.3, 0.4) is 0 Å². The number of aromatic nitrogens is 1. The molecule has 0 bridgehead atoms. The molecule has 20 heavy (non-hydrogen) atoms. The van der Waals surface area contributed by atoms with E-state index in [0.717, 1.165) is 31.9 Å². The number of nitrogens with one attached hydrogen (secondary N) is 2. The Labute approximate surface area is 125 Å². The molecule has 0 aliphatic carbocycles. The fourth-order valence-corrected chi connectivity index (χ4v) is 2.06. The van der Waals surface area contributed by atoms with Gasteiger partial charge in [-0.15, -0.1) is 12.4 Å². The van der Waals surface area contributed by atoms with Gasteiger partial charge in [-0.2, -0.15) is 0 Å². The fourth-order valence-electron chi connectivity index (χ4n) is 2.06. The second-order valence-electron chi connectivity index (χ2n) is 4.77. The van der Waals surface area contributed by atoms with Gasteiger partial charge in [-0.1, -0.05) is 0 Å². The second-order valence-corrected chi connectivity index (χ2v) is 4.77. The minimum absolute atomic E-state index is 0. The van der Waals surface area contributed by atoms with Crippen molar-refractivity contribution in [2.24, 2.45) is 0 Å². The molecule has 0 unspecified atom stereocenters. The van der Waals surface area contributed by atoms with E-state index in [1.165, 1.54) is 0 Å². The first-order valence-corrected chi connectivity index (χ1v) is 6.53. The summed E-state index contributed by atoms with van der Waals surface area (Å²) in [7, 11) is 3.87. The zero-order chi connectivity index (χ0) is 13.7. The van der Waals surface area contributed by atoms with Crippen LogP contribution in [0.5, 0.6) is 0 Å². The molecule has 0 atom stereocenters. The van der Waals surface area contributed by atoms with Crippen molar-refractivity contribution in [3.8, 4) is 0 Å². The van der Waals surface area contributed by atoms with E-state index in [4.69, 9.17) is 0 Å². The maximum atomic E-state index is 11.4. The number of rotatable bonds is 4. The fraction of sp³-hybridized carbons (Fsp3) is 0.538. The Hall–Kier alpha value is -1.37. The van der Waals surface area contributed by atoms with E-state index in [9.17, 15) is 4.79 Å². The highest BCUT2D eigenvalue weighted by atomic mass is 35.5. The van der Waals surface area contributed by atoms with E-state index in [1.54, 1.807) is 7.05 Å².